The molecule has 0 aliphatic heterocycles. The van der Waals surface area contributed by atoms with Gasteiger partial charge in [-0.1, -0.05) is 13.8 Å². The van der Waals surface area contributed by atoms with Gasteiger partial charge >= 0.3 is 6.18 Å². The minimum atomic E-state index is -4.26. The molecule has 4 nitrogen and oxygen atoms in total. The Morgan fingerprint density at radius 2 is 2.00 bits per heavy atom. The first-order valence-corrected chi connectivity index (χ1v) is 6.60. The topological polar surface area (TPSA) is 41.1 Å². The fourth-order valence-corrected chi connectivity index (χ4v) is 1.66. The van der Waals surface area contributed by atoms with Gasteiger partial charge in [0.2, 0.25) is 5.95 Å². The molecule has 0 bridgehead atoms. The van der Waals surface area contributed by atoms with Crippen molar-refractivity contribution in [2.24, 2.45) is 0 Å². The first-order chi connectivity index (χ1) is 9.23. The summed E-state index contributed by atoms with van der Waals surface area (Å²) in [7, 11) is 0. The van der Waals surface area contributed by atoms with Crippen LogP contribution in [0.15, 0.2) is 6.20 Å². The van der Waals surface area contributed by atoms with Crippen molar-refractivity contribution in [3.8, 4) is 0 Å². The van der Waals surface area contributed by atoms with Crippen LogP contribution in [0.2, 0.25) is 0 Å². The van der Waals surface area contributed by atoms with E-state index >= 15 is 0 Å². The van der Waals surface area contributed by atoms with E-state index in [0.29, 0.717) is 18.3 Å². The van der Waals surface area contributed by atoms with Crippen LogP contribution < -0.4 is 10.2 Å². The van der Waals surface area contributed by atoms with Crippen LogP contribution in [0.3, 0.4) is 0 Å². The van der Waals surface area contributed by atoms with E-state index in [1.807, 2.05) is 13.8 Å². The first-order valence-electron chi connectivity index (χ1n) is 6.60. The van der Waals surface area contributed by atoms with Crippen LogP contribution in [-0.2, 0) is 6.54 Å². The predicted octanol–water partition coefficient (Wildman–Crippen LogP) is 2.67. The van der Waals surface area contributed by atoms with Crippen molar-refractivity contribution >= 4 is 5.95 Å². The van der Waals surface area contributed by atoms with Crippen molar-refractivity contribution in [2.75, 3.05) is 18.0 Å². The number of aryl methyl sites for hydroxylation is 1. The maximum atomic E-state index is 12.5. The van der Waals surface area contributed by atoms with Crippen LogP contribution in [-0.4, -0.2) is 35.3 Å². The minimum Gasteiger partial charge on any atom is -0.332 e. The monoisotopic (exact) mass is 290 g/mol. The van der Waals surface area contributed by atoms with Gasteiger partial charge in [0.05, 0.1) is 0 Å². The third kappa shape index (κ3) is 5.32. The summed E-state index contributed by atoms with van der Waals surface area (Å²) in [5.41, 5.74) is 1.59. The van der Waals surface area contributed by atoms with Gasteiger partial charge in [-0.25, -0.2) is 9.97 Å². The van der Waals surface area contributed by atoms with Gasteiger partial charge in [0.1, 0.15) is 6.54 Å². The van der Waals surface area contributed by atoms with Crippen molar-refractivity contribution in [3.63, 3.8) is 0 Å². The van der Waals surface area contributed by atoms with Gasteiger partial charge in [-0.3, -0.25) is 0 Å². The van der Waals surface area contributed by atoms with Gasteiger partial charge < -0.3 is 10.2 Å². The van der Waals surface area contributed by atoms with Gasteiger partial charge in [-0.05, 0) is 13.8 Å². The number of anilines is 1. The SMILES string of the molecule is CCN(CC(F)(F)F)c1ncc(CNC(C)C)c(C)n1. The molecule has 1 aromatic rings. The third-order valence-corrected chi connectivity index (χ3v) is 2.80. The second-order valence-electron chi connectivity index (χ2n) is 4.95. The molecule has 114 valence electrons. The summed E-state index contributed by atoms with van der Waals surface area (Å²) in [5.74, 6) is 0.121. The standard InChI is InChI=1S/C13H21F3N4/c1-5-20(8-13(14,15)16)12-18-7-11(10(4)19-12)6-17-9(2)3/h7,9,17H,5-6,8H2,1-4H3. The molecule has 0 radical (unpaired) electrons. The highest BCUT2D eigenvalue weighted by molar-refractivity contribution is 5.33. The predicted molar refractivity (Wildman–Crippen MR) is 72.7 cm³/mol. The number of alkyl halides is 3. The van der Waals surface area contributed by atoms with Crippen molar-refractivity contribution < 1.29 is 13.2 Å². The average molecular weight is 290 g/mol. The molecule has 20 heavy (non-hydrogen) atoms. The molecular weight excluding hydrogens is 269 g/mol. The highest BCUT2D eigenvalue weighted by Gasteiger charge is 2.31. The molecule has 1 aromatic heterocycles. The van der Waals surface area contributed by atoms with Crippen LogP contribution in [0.1, 0.15) is 32.0 Å². The minimum absolute atomic E-state index is 0.121. The number of nitrogens with one attached hydrogen (secondary N) is 1. The zero-order chi connectivity index (χ0) is 15.3. The normalized spacial score (nSPS) is 12.0. The van der Waals surface area contributed by atoms with E-state index in [1.165, 1.54) is 0 Å². The highest BCUT2D eigenvalue weighted by atomic mass is 19.4. The molecule has 1 heterocycles. The van der Waals surface area contributed by atoms with Gasteiger partial charge in [0.25, 0.3) is 0 Å². The second-order valence-corrected chi connectivity index (χ2v) is 4.95. The summed E-state index contributed by atoms with van der Waals surface area (Å²) in [4.78, 5) is 9.35. The molecule has 0 spiro atoms. The second kappa shape index (κ2) is 6.88. The van der Waals surface area contributed by atoms with E-state index in [1.54, 1.807) is 20.0 Å². The Labute approximate surface area is 117 Å². The molecule has 0 amide bonds. The smallest absolute Gasteiger partial charge is 0.332 e. The number of rotatable bonds is 6. The maximum Gasteiger partial charge on any atom is 0.406 e. The quantitative estimate of drug-likeness (QED) is 0.874. The van der Waals surface area contributed by atoms with Gasteiger partial charge in [-0.15, -0.1) is 0 Å². The fourth-order valence-electron chi connectivity index (χ4n) is 1.66. The Bertz CT molecular complexity index is 432. The number of halogens is 3. The number of hydrogen-bond acceptors (Lipinski definition) is 4. The van der Waals surface area contributed by atoms with E-state index in [4.69, 9.17) is 0 Å². The number of aromatic nitrogens is 2. The highest BCUT2D eigenvalue weighted by Crippen LogP contribution is 2.20. The zero-order valence-corrected chi connectivity index (χ0v) is 12.3. The lowest BCUT2D eigenvalue weighted by Crippen LogP contribution is -2.35. The molecular formula is C13H21F3N4. The summed E-state index contributed by atoms with van der Waals surface area (Å²) in [6.07, 6.45) is -2.67. The molecule has 0 aromatic carbocycles. The average Bonchev–Trinajstić information content (AvgIpc) is 2.33. The molecule has 0 atom stereocenters. The molecule has 1 N–H and O–H groups in total. The Hall–Kier alpha value is -1.37. The fraction of sp³-hybridized carbons (Fsp3) is 0.692. The van der Waals surface area contributed by atoms with E-state index in [2.05, 4.69) is 15.3 Å². The molecule has 0 aliphatic carbocycles. The maximum absolute atomic E-state index is 12.5. The van der Waals surface area contributed by atoms with E-state index in [-0.39, 0.29) is 12.5 Å². The molecule has 0 saturated carbocycles. The van der Waals surface area contributed by atoms with Gasteiger partial charge in [-0.2, -0.15) is 13.2 Å². The van der Waals surface area contributed by atoms with E-state index in [9.17, 15) is 13.2 Å². The summed E-state index contributed by atoms with van der Waals surface area (Å²) in [6, 6.07) is 0.325. The van der Waals surface area contributed by atoms with E-state index < -0.39 is 12.7 Å². The molecule has 1 rings (SSSR count). The largest absolute Gasteiger partial charge is 0.406 e. The number of hydrogen-bond donors (Lipinski definition) is 1. The summed E-state index contributed by atoms with van der Waals surface area (Å²) < 4.78 is 37.4. The molecule has 0 fully saturated rings. The van der Waals surface area contributed by atoms with Crippen molar-refractivity contribution in [3.05, 3.63) is 17.5 Å². The Morgan fingerprint density at radius 3 is 2.45 bits per heavy atom. The van der Waals surface area contributed by atoms with Gasteiger partial charge in [0, 0.05) is 36.6 Å². The van der Waals surface area contributed by atoms with Crippen molar-refractivity contribution in [1.82, 2.24) is 15.3 Å². The third-order valence-electron chi connectivity index (χ3n) is 2.80. The summed E-state index contributed by atoms with van der Waals surface area (Å²) >= 11 is 0. The Morgan fingerprint density at radius 1 is 1.35 bits per heavy atom. The molecule has 0 aliphatic rings. The lowest BCUT2D eigenvalue weighted by atomic mass is 10.2. The lowest BCUT2D eigenvalue weighted by Gasteiger charge is -2.22. The molecule has 0 saturated heterocycles. The Balaban J connectivity index is 2.84. The van der Waals surface area contributed by atoms with Gasteiger partial charge in [0.15, 0.2) is 0 Å². The zero-order valence-electron chi connectivity index (χ0n) is 12.3. The van der Waals surface area contributed by atoms with Crippen LogP contribution in [0.4, 0.5) is 19.1 Å². The molecule has 7 heteroatoms. The summed E-state index contributed by atoms with van der Waals surface area (Å²) in [5, 5.41) is 3.23. The number of nitrogens with zero attached hydrogens (tertiary/aromatic N) is 3. The molecule has 0 unspecified atom stereocenters. The van der Waals surface area contributed by atoms with Crippen LogP contribution in [0, 0.1) is 6.92 Å². The van der Waals surface area contributed by atoms with Crippen molar-refractivity contribution in [2.45, 2.75) is 46.5 Å². The van der Waals surface area contributed by atoms with E-state index in [0.717, 1.165) is 10.5 Å². The summed E-state index contributed by atoms with van der Waals surface area (Å²) in [6.45, 7) is 7.26. The van der Waals surface area contributed by atoms with Crippen molar-refractivity contribution in [1.29, 1.82) is 0 Å². The lowest BCUT2D eigenvalue weighted by molar-refractivity contribution is -0.119. The first kappa shape index (κ1) is 16.7. The van der Waals surface area contributed by atoms with Crippen LogP contribution in [0.5, 0.6) is 0 Å². The Kier molecular flexibility index (Phi) is 5.74. The van der Waals surface area contributed by atoms with Crippen LogP contribution in [0.25, 0.3) is 0 Å². The van der Waals surface area contributed by atoms with Crippen LogP contribution >= 0.6 is 0 Å².